The molecule has 0 aromatic carbocycles. The summed E-state index contributed by atoms with van der Waals surface area (Å²) in [6.45, 7) is 8.93. The van der Waals surface area contributed by atoms with Crippen LogP contribution < -0.4 is 6.15 Å². The lowest BCUT2D eigenvalue weighted by Gasteiger charge is -1.71. The van der Waals surface area contributed by atoms with Crippen LogP contribution in [0.3, 0.4) is 0 Å². The first-order chi connectivity index (χ1) is 2.27. The highest BCUT2D eigenvalue weighted by atomic mass is 14.0. The van der Waals surface area contributed by atoms with Crippen LogP contribution in [0, 0.1) is 0 Å². The van der Waals surface area contributed by atoms with Crippen LogP contribution in [0.2, 0.25) is 0 Å². The fourth-order valence-electron chi connectivity index (χ4n) is 0. The molecule has 0 atom stereocenters. The number of hydrogen-bond donors (Lipinski definition) is 1. The maximum Gasteiger partial charge on any atom is -0.0404 e. The summed E-state index contributed by atoms with van der Waals surface area (Å²) >= 11 is 0. The van der Waals surface area contributed by atoms with E-state index in [1.807, 2.05) is 6.92 Å². The first-order valence-corrected chi connectivity index (χ1v) is 1.55. The first-order valence-electron chi connectivity index (χ1n) is 1.55. The number of allylic oxidation sites excluding steroid dienone is 2. The smallest absolute Gasteiger partial charge is 0.0404 e. The highest BCUT2D eigenvalue weighted by Crippen LogP contribution is 1.81. The maximum absolute atomic E-state index is 3.56. The Bertz CT molecular complexity index is 55.0. The Kier molecular flexibility index (Phi) is 6.71. The van der Waals surface area contributed by atoms with Crippen LogP contribution in [-0.4, -0.2) is 0 Å². The monoisotopic (exact) mass is 85.1 g/mol. The van der Waals surface area contributed by atoms with Crippen molar-refractivity contribution in [2.75, 3.05) is 0 Å². The molecule has 36 valence electrons. The second-order valence-corrected chi connectivity index (χ2v) is 1.05. The predicted octanol–water partition coefficient (Wildman–Crippen LogP) is 1.91. The molecule has 1 heteroatoms. The van der Waals surface area contributed by atoms with Crippen molar-refractivity contribution in [3.63, 3.8) is 0 Å². The van der Waals surface area contributed by atoms with Crippen LogP contribution in [-0.2, 0) is 0 Å². The summed E-state index contributed by atoms with van der Waals surface area (Å²) in [4.78, 5) is 0. The van der Waals surface area contributed by atoms with Gasteiger partial charge >= 0.3 is 0 Å². The van der Waals surface area contributed by atoms with Gasteiger partial charge in [-0.05, 0) is 6.92 Å². The molecule has 0 aromatic heterocycles. The lowest BCUT2D eigenvalue weighted by Crippen LogP contribution is -1.50. The molecule has 0 bridgehead atoms. The number of hydrogen-bond acceptors (Lipinski definition) is 1. The van der Waals surface area contributed by atoms with Crippen LogP contribution in [0.5, 0.6) is 0 Å². The minimum atomic E-state index is 0. The second-order valence-electron chi connectivity index (χ2n) is 1.05. The molecule has 3 N–H and O–H groups in total. The Hall–Kier alpha value is -0.560. The van der Waals surface area contributed by atoms with Crippen molar-refractivity contribution in [1.82, 2.24) is 6.15 Å². The molecule has 0 aliphatic rings. The van der Waals surface area contributed by atoms with E-state index in [0.29, 0.717) is 0 Å². The normalized spacial score (nSPS) is 5.50. The van der Waals surface area contributed by atoms with Crippen molar-refractivity contribution >= 4 is 0 Å². The molecule has 0 saturated heterocycles. The molecule has 1 nitrogen and oxygen atoms in total. The zero-order valence-electron chi connectivity index (χ0n) is 4.20. The predicted molar refractivity (Wildman–Crippen MR) is 30.0 cm³/mol. The van der Waals surface area contributed by atoms with Crippen molar-refractivity contribution in [2.24, 2.45) is 0 Å². The van der Waals surface area contributed by atoms with Gasteiger partial charge in [0.1, 0.15) is 0 Å². The van der Waals surface area contributed by atoms with Gasteiger partial charge in [0.15, 0.2) is 0 Å². The van der Waals surface area contributed by atoms with Crippen molar-refractivity contribution < 1.29 is 0 Å². The number of rotatable bonds is 1. The third-order valence-corrected chi connectivity index (χ3v) is 0.348. The second kappa shape index (κ2) is 4.44. The van der Waals surface area contributed by atoms with Gasteiger partial charge in [-0.3, -0.25) is 0 Å². The summed E-state index contributed by atoms with van der Waals surface area (Å²) in [6.07, 6.45) is 1.72. The van der Waals surface area contributed by atoms with E-state index < -0.39 is 0 Å². The van der Waals surface area contributed by atoms with Gasteiger partial charge in [0.05, 0.1) is 0 Å². The maximum atomic E-state index is 3.56. The summed E-state index contributed by atoms with van der Waals surface area (Å²) < 4.78 is 0. The SMILES string of the molecule is C=CC(=C)C.N. The Morgan fingerprint density at radius 3 is 1.83 bits per heavy atom. The Morgan fingerprint density at radius 1 is 1.67 bits per heavy atom. The first kappa shape index (κ1) is 9.06. The van der Waals surface area contributed by atoms with E-state index in [2.05, 4.69) is 13.2 Å². The molecular weight excluding hydrogens is 74.1 g/mol. The summed E-state index contributed by atoms with van der Waals surface area (Å²) in [7, 11) is 0. The molecule has 0 rings (SSSR count). The average molecular weight is 85.2 g/mol. The lowest BCUT2D eigenvalue weighted by molar-refractivity contribution is 1.58. The highest BCUT2D eigenvalue weighted by Gasteiger charge is 1.59. The quantitative estimate of drug-likeness (QED) is 0.485. The fraction of sp³-hybridized carbons (Fsp3) is 0.200. The van der Waals surface area contributed by atoms with E-state index in [9.17, 15) is 0 Å². The summed E-state index contributed by atoms with van der Waals surface area (Å²) in [6, 6.07) is 0. The van der Waals surface area contributed by atoms with Crippen molar-refractivity contribution in [3.8, 4) is 0 Å². The summed E-state index contributed by atoms with van der Waals surface area (Å²) in [5.41, 5.74) is 1.02. The van der Waals surface area contributed by atoms with E-state index in [4.69, 9.17) is 0 Å². The van der Waals surface area contributed by atoms with Gasteiger partial charge in [-0.15, -0.1) is 0 Å². The molecule has 0 aliphatic heterocycles. The van der Waals surface area contributed by atoms with Gasteiger partial charge in [-0.1, -0.05) is 24.8 Å². The topological polar surface area (TPSA) is 35.0 Å². The minimum absolute atomic E-state index is 0. The fourth-order valence-corrected chi connectivity index (χ4v) is 0. The standard InChI is InChI=1S/C5H8.H3N/c1-4-5(2)3;/h4H,1-2H2,3H3;1H3. The molecule has 0 aliphatic carbocycles. The molecule has 6 heavy (non-hydrogen) atoms. The zero-order chi connectivity index (χ0) is 4.28. The molecule has 0 heterocycles. The Labute approximate surface area is 39.0 Å². The Balaban J connectivity index is 0. The van der Waals surface area contributed by atoms with Crippen molar-refractivity contribution in [2.45, 2.75) is 6.92 Å². The molecule has 0 fully saturated rings. The largest absolute Gasteiger partial charge is 0.344 e. The van der Waals surface area contributed by atoms with Crippen LogP contribution in [0.4, 0.5) is 0 Å². The molecular formula is C5H11N. The van der Waals surface area contributed by atoms with Crippen LogP contribution in [0.1, 0.15) is 6.92 Å². The molecule has 0 saturated carbocycles. The van der Waals surface area contributed by atoms with E-state index in [-0.39, 0.29) is 6.15 Å². The van der Waals surface area contributed by atoms with E-state index >= 15 is 0 Å². The molecule has 0 radical (unpaired) electrons. The molecule has 0 aromatic rings. The summed E-state index contributed by atoms with van der Waals surface area (Å²) in [5.74, 6) is 0. The van der Waals surface area contributed by atoms with E-state index in [1.54, 1.807) is 6.08 Å². The molecule has 0 amide bonds. The average Bonchev–Trinajstić information content (AvgIpc) is 1.38. The highest BCUT2D eigenvalue weighted by molar-refractivity contribution is 5.05. The van der Waals surface area contributed by atoms with Gasteiger partial charge < -0.3 is 6.15 Å². The van der Waals surface area contributed by atoms with Crippen LogP contribution >= 0.6 is 0 Å². The van der Waals surface area contributed by atoms with E-state index in [1.165, 1.54) is 0 Å². The summed E-state index contributed by atoms with van der Waals surface area (Å²) in [5, 5.41) is 0. The van der Waals surface area contributed by atoms with Gasteiger partial charge in [0.2, 0.25) is 0 Å². The molecule has 0 spiro atoms. The lowest BCUT2D eigenvalue weighted by atomic mass is 10.4. The van der Waals surface area contributed by atoms with Gasteiger partial charge in [-0.2, -0.15) is 0 Å². The zero-order valence-corrected chi connectivity index (χ0v) is 4.20. The van der Waals surface area contributed by atoms with Crippen LogP contribution in [0.15, 0.2) is 24.8 Å². The Morgan fingerprint density at radius 2 is 1.83 bits per heavy atom. The van der Waals surface area contributed by atoms with Gasteiger partial charge in [-0.25, -0.2) is 0 Å². The third kappa shape index (κ3) is 9.88. The van der Waals surface area contributed by atoms with Gasteiger partial charge in [0.25, 0.3) is 0 Å². The van der Waals surface area contributed by atoms with E-state index in [0.717, 1.165) is 5.57 Å². The van der Waals surface area contributed by atoms with Crippen LogP contribution in [0.25, 0.3) is 0 Å². The molecule has 0 unspecified atom stereocenters. The van der Waals surface area contributed by atoms with Crippen molar-refractivity contribution in [1.29, 1.82) is 0 Å². The van der Waals surface area contributed by atoms with Crippen molar-refractivity contribution in [3.05, 3.63) is 24.8 Å². The minimum Gasteiger partial charge on any atom is -0.344 e. The third-order valence-electron chi connectivity index (χ3n) is 0.348. The van der Waals surface area contributed by atoms with Gasteiger partial charge in [0, 0.05) is 0 Å².